The van der Waals surface area contributed by atoms with Gasteiger partial charge in [-0.15, -0.1) is 15.3 Å². The molecule has 2 N–H and O–H groups in total. The van der Waals surface area contributed by atoms with Crippen molar-refractivity contribution in [1.82, 2.24) is 29.9 Å². The minimum absolute atomic E-state index is 0.0393. The van der Waals surface area contributed by atoms with Crippen LogP contribution in [0.2, 0.25) is 0 Å². The molecule has 0 aliphatic rings. The van der Waals surface area contributed by atoms with Crippen LogP contribution in [-0.4, -0.2) is 41.8 Å². The molecular weight excluding hydrogens is 290 g/mol. The molecule has 0 unspecified atom stereocenters. The molecule has 22 heavy (non-hydrogen) atoms. The molecule has 110 valence electrons. The van der Waals surface area contributed by atoms with Gasteiger partial charge in [-0.2, -0.15) is 4.98 Å². The highest BCUT2D eigenvalue weighted by Crippen LogP contribution is 2.11. The molecule has 0 saturated carbocycles. The van der Waals surface area contributed by atoms with E-state index in [-0.39, 0.29) is 17.3 Å². The zero-order chi connectivity index (χ0) is 15.5. The summed E-state index contributed by atoms with van der Waals surface area (Å²) in [6.07, 6.45) is 2.77. The van der Waals surface area contributed by atoms with E-state index in [1.54, 1.807) is 6.07 Å². The van der Waals surface area contributed by atoms with Crippen molar-refractivity contribution in [3.63, 3.8) is 0 Å². The highest BCUT2D eigenvalue weighted by molar-refractivity contribution is 6.02. The number of aromatic nitrogens is 6. The number of amides is 1. The molecule has 2 heterocycles. The molecule has 2 aromatic heterocycles. The maximum Gasteiger partial charge on any atom is 0.293 e. The maximum atomic E-state index is 12.0. The highest BCUT2D eigenvalue weighted by Gasteiger charge is 2.13. The first-order chi connectivity index (χ1) is 10.6. The van der Waals surface area contributed by atoms with E-state index in [0.29, 0.717) is 5.69 Å². The first-order valence-electron chi connectivity index (χ1n) is 6.03. The summed E-state index contributed by atoms with van der Waals surface area (Å²) < 4.78 is 1.42. The summed E-state index contributed by atoms with van der Waals surface area (Å²) in [5, 5.41) is 26.8. The van der Waals surface area contributed by atoms with Crippen molar-refractivity contribution in [3.05, 3.63) is 48.3 Å². The molecule has 0 radical (unpaired) electrons. The van der Waals surface area contributed by atoms with Crippen molar-refractivity contribution in [2.24, 2.45) is 0 Å². The number of H-pyrrole nitrogens is 1. The van der Waals surface area contributed by atoms with Crippen LogP contribution in [0.1, 0.15) is 21.0 Å². The van der Waals surface area contributed by atoms with Crippen LogP contribution >= 0.6 is 0 Å². The lowest BCUT2D eigenvalue weighted by Gasteiger charge is -2.06. The zero-order valence-corrected chi connectivity index (χ0v) is 10.9. The molecule has 1 amide bonds. The van der Waals surface area contributed by atoms with Crippen LogP contribution in [-0.2, 0) is 0 Å². The molecule has 0 aliphatic carbocycles. The number of carbonyl (C=O) groups excluding carboxylic acids is 2. The Morgan fingerprint density at radius 1 is 1.23 bits per heavy atom. The van der Waals surface area contributed by atoms with E-state index in [4.69, 9.17) is 0 Å². The van der Waals surface area contributed by atoms with Crippen LogP contribution in [0.4, 0.5) is 5.69 Å². The van der Waals surface area contributed by atoms with E-state index in [1.165, 1.54) is 35.4 Å². The van der Waals surface area contributed by atoms with E-state index < -0.39 is 11.9 Å². The topological polar surface area (TPSA) is 142 Å². The molecule has 0 aliphatic heterocycles. The van der Waals surface area contributed by atoms with Gasteiger partial charge in [0.15, 0.2) is 0 Å². The Kier molecular flexibility index (Phi) is 3.32. The third-order valence-electron chi connectivity index (χ3n) is 2.69. The number of aromatic amines is 1. The summed E-state index contributed by atoms with van der Waals surface area (Å²) >= 11 is 0. The molecule has 10 heteroatoms. The average molecular weight is 298 g/mol. The number of nitrogens with one attached hydrogen (secondary N) is 2. The number of rotatable bonds is 4. The molecule has 0 saturated heterocycles. The van der Waals surface area contributed by atoms with Gasteiger partial charge in [-0.05, 0) is 17.7 Å². The molecule has 0 fully saturated rings. The minimum atomic E-state index is -1.33. The summed E-state index contributed by atoms with van der Waals surface area (Å²) in [5.74, 6) is -1.73. The second kappa shape index (κ2) is 5.44. The first kappa shape index (κ1) is 13.4. The lowest BCUT2D eigenvalue weighted by atomic mass is 10.2. The molecule has 3 aromatic rings. The summed E-state index contributed by atoms with van der Waals surface area (Å²) in [5.41, 5.74) is 0.259. The van der Waals surface area contributed by atoms with Crippen molar-refractivity contribution in [1.29, 1.82) is 0 Å². The van der Waals surface area contributed by atoms with Gasteiger partial charge in [0.25, 0.3) is 11.9 Å². The molecule has 0 atom stereocenters. The standard InChI is InChI=1S/C12H9N7O3/c20-10(15-8-3-1-2-7(4-8)11(21)22)9-16-12(18-17-9)19-5-13-14-6-19/h1-6H,(H,15,20)(H,21,22)(H,16,17,18)/p-1. The Hall–Kier alpha value is -3.56. The van der Waals surface area contributed by atoms with Crippen LogP contribution < -0.4 is 10.4 Å². The largest absolute Gasteiger partial charge is 0.545 e. The molecule has 0 bridgehead atoms. The molecule has 1 aromatic carbocycles. The molecular formula is C12H8N7O3-. The average Bonchev–Trinajstić information content (AvgIpc) is 3.18. The number of carbonyl (C=O) groups is 2. The van der Waals surface area contributed by atoms with Crippen LogP contribution in [0, 0.1) is 0 Å². The first-order valence-corrected chi connectivity index (χ1v) is 6.03. The predicted octanol–water partition coefficient (Wildman–Crippen LogP) is -0.999. The van der Waals surface area contributed by atoms with Crippen molar-refractivity contribution in [2.45, 2.75) is 0 Å². The van der Waals surface area contributed by atoms with Crippen LogP contribution in [0.5, 0.6) is 0 Å². The van der Waals surface area contributed by atoms with Crippen LogP contribution in [0.3, 0.4) is 0 Å². The molecule has 10 nitrogen and oxygen atoms in total. The van der Waals surface area contributed by atoms with Gasteiger partial charge in [0.05, 0.1) is 5.97 Å². The number of carboxylic acid groups (broad SMARTS) is 1. The van der Waals surface area contributed by atoms with Gasteiger partial charge in [-0.25, -0.2) is 0 Å². The van der Waals surface area contributed by atoms with Crippen LogP contribution in [0.15, 0.2) is 36.9 Å². The van der Waals surface area contributed by atoms with Gasteiger partial charge >= 0.3 is 0 Å². The second-order valence-electron chi connectivity index (χ2n) is 4.18. The van der Waals surface area contributed by atoms with Crippen molar-refractivity contribution in [3.8, 4) is 5.95 Å². The maximum absolute atomic E-state index is 12.0. The van der Waals surface area contributed by atoms with Crippen molar-refractivity contribution in [2.75, 3.05) is 5.32 Å². The number of nitrogens with zero attached hydrogens (tertiary/aromatic N) is 5. The monoisotopic (exact) mass is 298 g/mol. The predicted molar refractivity (Wildman–Crippen MR) is 70.0 cm³/mol. The van der Waals surface area contributed by atoms with E-state index in [2.05, 4.69) is 30.7 Å². The third kappa shape index (κ3) is 2.65. The number of carboxylic acids is 1. The van der Waals surface area contributed by atoms with E-state index >= 15 is 0 Å². The summed E-state index contributed by atoms with van der Waals surface area (Å²) in [6.45, 7) is 0. The van der Waals surface area contributed by atoms with Gasteiger partial charge in [-0.3, -0.25) is 14.5 Å². The second-order valence-corrected chi connectivity index (χ2v) is 4.18. The van der Waals surface area contributed by atoms with Gasteiger partial charge < -0.3 is 15.2 Å². The minimum Gasteiger partial charge on any atom is -0.545 e. The zero-order valence-electron chi connectivity index (χ0n) is 10.9. The van der Waals surface area contributed by atoms with Crippen LogP contribution in [0.25, 0.3) is 5.95 Å². The van der Waals surface area contributed by atoms with Crippen molar-refractivity contribution < 1.29 is 14.7 Å². The van der Waals surface area contributed by atoms with Gasteiger partial charge in [0, 0.05) is 5.69 Å². The highest BCUT2D eigenvalue weighted by atomic mass is 16.4. The van der Waals surface area contributed by atoms with Crippen molar-refractivity contribution >= 4 is 17.6 Å². The van der Waals surface area contributed by atoms with E-state index in [1.807, 2.05) is 0 Å². The lowest BCUT2D eigenvalue weighted by molar-refractivity contribution is -0.255. The fourth-order valence-electron chi connectivity index (χ4n) is 1.69. The number of anilines is 1. The normalized spacial score (nSPS) is 10.4. The molecule has 0 spiro atoms. The fraction of sp³-hybridized carbons (Fsp3) is 0. The van der Waals surface area contributed by atoms with Gasteiger partial charge in [-0.1, -0.05) is 12.1 Å². The third-order valence-corrected chi connectivity index (χ3v) is 2.69. The van der Waals surface area contributed by atoms with E-state index in [0.717, 1.165) is 0 Å². The number of hydrogen-bond acceptors (Lipinski definition) is 7. The number of benzene rings is 1. The Morgan fingerprint density at radius 3 is 2.73 bits per heavy atom. The Labute approximate surface area is 122 Å². The fourth-order valence-corrected chi connectivity index (χ4v) is 1.69. The summed E-state index contributed by atoms with van der Waals surface area (Å²) in [4.78, 5) is 26.8. The Morgan fingerprint density at radius 2 is 2.00 bits per heavy atom. The van der Waals surface area contributed by atoms with Gasteiger partial charge in [0.2, 0.25) is 5.82 Å². The smallest absolute Gasteiger partial charge is 0.293 e. The summed E-state index contributed by atoms with van der Waals surface area (Å²) in [7, 11) is 0. The number of hydrogen-bond donors (Lipinski definition) is 2. The quantitative estimate of drug-likeness (QED) is 0.629. The lowest BCUT2D eigenvalue weighted by Crippen LogP contribution is -2.22. The van der Waals surface area contributed by atoms with Gasteiger partial charge in [0.1, 0.15) is 12.7 Å². The number of aromatic carboxylic acids is 1. The SMILES string of the molecule is O=C([O-])c1cccc(NC(=O)c2nc(-n3cnnc3)n[nH]2)c1. The molecule has 3 rings (SSSR count). The Balaban J connectivity index is 1.77. The van der Waals surface area contributed by atoms with E-state index in [9.17, 15) is 14.7 Å². The Bertz CT molecular complexity index is 825. The summed E-state index contributed by atoms with van der Waals surface area (Å²) in [6, 6.07) is 5.68.